The van der Waals surface area contributed by atoms with Crippen LogP contribution in [0.25, 0.3) is 0 Å². The highest BCUT2D eigenvalue weighted by atomic mass is 16.5. The molecule has 118 valence electrons. The van der Waals surface area contributed by atoms with Crippen molar-refractivity contribution in [3.63, 3.8) is 0 Å². The fourth-order valence-corrected chi connectivity index (χ4v) is 2.25. The molecule has 0 saturated heterocycles. The van der Waals surface area contributed by atoms with Crippen LogP contribution in [0.15, 0.2) is 18.2 Å². The van der Waals surface area contributed by atoms with Gasteiger partial charge in [-0.2, -0.15) is 0 Å². The van der Waals surface area contributed by atoms with Gasteiger partial charge in [0.1, 0.15) is 5.75 Å². The molecule has 0 saturated carbocycles. The van der Waals surface area contributed by atoms with Gasteiger partial charge in [0.25, 0.3) is 5.91 Å². The van der Waals surface area contributed by atoms with Crippen LogP contribution in [0.5, 0.6) is 5.75 Å². The summed E-state index contributed by atoms with van der Waals surface area (Å²) >= 11 is 0. The number of benzene rings is 1. The quantitative estimate of drug-likeness (QED) is 0.613. The highest BCUT2D eigenvalue weighted by molar-refractivity contribution is 6.01. The summed E-state index contributed by atoms with van der Waals surface area (Å²) < 4.78 is 10.3. The van der Waals surface area contributed by atoms with Gasteiger partial charge in [-0.15, -0.1) is 0 Å². The first kappa shape index (κ1) is 16.0. The molecule has 1 aliphatic rings. The van der Waals surface area contributed by atoms with Crippen molar-refractivity contribution in [2.45, 2.75) is 20.8 Å². The number of hydrogen-bond donors (Lipinski definition) is 0. The number of rotatable bonds is 5. The van der Waals surface area contributed by atoms with Crippen molar-refractivity contribution in [1.29, 1.82) is 0 Å². The van der Waals surface area contributed by atoms with Crippen LogP contribution in [0, 0.1) is 5.92 Å². The zero-order chi connectivity index (χ0) is 16.3. The summed E-state index contributed by atoms with van der Waals surface area (Å²) in [6.45, 7) is 5.30. The van der Waals surface area contributed by atoms with Crippen molar-refractivity contribution in [2.75, 3.05) is 24.7 Å². The van der Waals surface area contributed by atoms with Crippen LogP contribution in [-0.4, -0.2) is 37.4 Å². The third-order valence-electron chi connectivity index (χ3n) is 3.45. The lowest BCUT2D eigenvalue weighted by atomic mass is 10.1. The molecule has 1 aliphatic heterocycles. The van der Waals surface area contributed by atoms with Gasteiger partial charge in [-0.05, 0) is 32.0 Å². The van der Waals surface area contributed by atoms with Crippen LogP contribution in [0.4, 0.5) is 5.69 Å². The third kappa shape index (κ3) is 3.27. The molecule has 0 N–H and O–H groups in total. The Kier molecular flexibility index (Phi) is 4.80. The molecule has 1 aromatic rings. The number of Topliss-reactive ketones (excluding diaryl/α,β-unsaturated/α-hetero) is 1. The largest absolute Gasteiger partial charge is 0.482 e. The molecule has 22 heavy (non-hydrogen) atoms. The topological polar surface area (TPSA) is 72.9 Å². The van der Waals surface area contributed by atoms with Gasteiger partial charge in [0, 0.05) is 12.1 Å². The van der Waals surface area contributed by atoms with Crippen LogP contribution >= 0.6 is 0 Å². The zero-order valence-electron chi connectivity index (χ0n) is 12.9. The van der Waals surface area contributed by atoms with Crippen LogP contribution in [0.2, 0.25) is 0 Å². The van der Waals surface area contributed by atoms with Crippen LogP contribution < -0.4 is 9.64 Å². The van der Waals surface area contributed by atoms with Crippen molar-refractivity contribution in [1.82, 2.24) is 0 Å². The molecule has 6 nitrogen and oxygen atoms in total. The fraction of sp³-hybridized carbons (Fsp3) is 0.438. The van der Waals surface area contributed by atoms with E-state index in [0.29, 0.717) is 23.6 Å². The molecular formula is C16H19NO5. The third-order valence-corrected chi connectivity index (χ3v) is 3.45. The summed E-state index contributed by atoms with van der Waals surface area (Å²) in [6, 6.07) is 4.94. The van der Waals surface area contributed by atoms with Crippen molar-refractivity contribution >= 4 is 23.3 Å². The summed E-state index contributed by atoms with van der Waals surface area (Å²) in [6.07, 6.45) is 0. The second kappa shape index (κ2) is 6.60. The normalized spacial score (nSPS) is 14.9. The SMILES string of the molecule is CCOC(=O)C(C)CN1C(=O)COc2ccc(C(C)=O)cc21. The van der Waals surface area contributed by atoms with E-state index in [1.54, 1.807) is 32.0 Å². The van der Waals surface area contributed by atoms with Gasteiger partial charge in [-0.3, -0.25) is 14.4 Å². The molecule has 1 amide bonds. The number of amides is 1. The number of fused-ring (bicyclic) bond motifs is 1. The lowest BCUT2D eigenvalue weighted by Gasteiger charge is -2.31. The average molecular weight is 305 g/mol. The van der Waals surface area contributed by atoms with E-state index in [2.05, 4.69) is 0 Å². The Labute approximate surface area is 129 Å². The first-order valence-corrected chi connectivity index (χ1v) is 7.18. The zero-order valence-corrected chi connectivity index (χ0v) is 12.9. The first-order chi connectivity index (χ1) is 10.4. The smallest absolute Gasteiger partial charge is 0.310 e. The number of nitrogens with zero attached hydrogens (tertiary/aromatic N) is 1. The van der Waals surface area contributed by atoms with E-state index in [4.69, 9.17) is 9.47 Å². The van der Waals surface area contributed by atoms with Crippen LogP contribution in [0.3, 0.4) is 0 Å². The molecule has 6 heteroatoms. The molecule has 1 heterocycles. The number of ether oxygens (including phenoxy) is 2. The molecule has 0 fully saturated rings. The van der Waals surface area contributed by atoms with Gasteiger partial charge in [-0.1, -0.05) is 6.92 Å². The molecule has 1 atom stereocenters. The number of esters is 1. The maximum atomic E-state index is 12.1. The Morgan fingerprint density at radius 1 is 1.41 bits per heavy atom. The highest BCUT2D eigenvalue weighted by Crippen LogP contribution is 2.33. The maximum Gasteiger partial charge on any atom is 0.310 e. The minimum absolute atomic E-state index is 0.0814. The predicted octanol–water partition coefficient (Wildman–Crippen LogP) is 1.81. The van der Waals surface area contributed by atoms with E-state index < -0.39 is 5.92 Å². The summed E-state index contributed by atoms with van der Waals surface area (Å²) in [4.78, 5) is 36.9. The van der Waals surface area contributed by atoms with Gasteiger partial charge < -0.3 is 14.4 Å². The molecule has 0 radical (unpaired) electrons. The number of carbonyl (C=O) groups excluding carboxylic acids is 3. The Morgan fingerprint density at radius 3 is 2.77 bits per heavy atom. The molecule has 0 bridgehead atoms. The molecular weight excluding hydrogens is 286 g/mol. The summed E-state index contributed by atoms with van der Waals surface area (Å²) in [7, 11) is 0. The van der Waals surface area contributed by atoms with E-state index in [-0.39, 0.29) is 30.8 Å². The highest BCUT2D eigenvalue weighted by Gasteiger charge is 2.29. The molecule has 2 rings (SSSR count). The van der Waals surface area contributed by atoms with Crippen molar-refractivity contribution in [2.24, 2.45) is 5.92 Å². The first-order valence-electron chi connectivity index (χ1n) is 7.18. The Morgan fingerprint density at radius 2 is 2.14 bits per heavy atom. The Hall–Kier alpha value is -2.37. The average Bonchev–Trinajstić information content (AvgIpc) is 2.49. The van der Waals surface area contributed by atoms with E-state index in [1.807, 2.05) is 0 Å². The predicted molar refractivity (Wildman–Crippen MR) is 80.1 cm³/mol. The number of anilines is 1. The Balaban J connectivity index is 2.28. The van der Waals surface area contributed by atoms with Crippen molar-refractivity contribution < 1.29 is 23.9 Å². The molecule has 0 aromatic heterocycles. The van der Waals surface area contributed by atoms with Crippen LogP contribution in [-0.2, 0) is 14.3 Å². The van der Waals surface area contributed by atoms with E-state index in [1.165, 1.54) is 11.8 Å². The van der Waals surface area contributed by atoms with Gasteiger partial charge in [0.2, 0.25) is 0 Å². The second-order valence-corrected chi connectivity index (χ2v) is 5.18. The van der Waals surface area contributed by atoms with E-state index >= 15 is 0 Å². The minimum Gasteiger partial charge on any atom is -0.482 e. The monoisotopic (exact) mass is 305 g/mol. The second-order valence-electron chi connectivity index (χ2n) is 5.18. The van der Waals surface area contributed by atoms with Crippen LogP contribution in [0.1, 0.15) is 31.1 Å². The summed E-state index contributed by atoms with van der Waals surface area (Å²) in [5.41, 5.74) is 1.01. The van der Waals surface area contributed by atoms with Crippen molar-refractivity contribution in [3.05, 3.63) is 23.8 Å². The maximum absolute atomic E-state index is 12.1. The molecule has 0 spiro atoms. The number of carbonyl (C=O) groups is 3. The van der Waals surface area contributed by atoms with E-state index in [0.717, 1.165) is 0 Å². The van der Waals surface area contributed by atoms with Gasteiger partial charge in [-0.25, -0.2) is 0 Å². The summed E-state index contributed by atoms with van der Waals surface area (Å²) in [5.74, 6) is -0.633. The molecule has 0 aliphatic carbocycles. The minimum atomic E-state index is -0.462. The lowest BCUT2D eigenvalue weighted by molar-refractivity contribution is -0.147. The van der Waals surface area contributed by atoms with Gasteiger partial charge in [0.15, 0.2) is 12.4 Å². The number of hydrogen-bond acceptors (Lipinski definition) is 5. The number of ketones is 1. The van der Waals surface area contributed by atoms with Gasteiger partial charge in [0.05, 0.1) is 18.2 Å². The standard InChI is InChI=1S/C16H19NO5/c1-4-21-16(20)10(2)8-17-13-7-12(11(3)18)5-6-14(13)22-9-15(17)19/h5-7,10H,4,8-9H2,1-3H3. The van der Waals surface area contributed by atoms with E-state index in [9.17, 15) is 14.4 Å². The van der Waals surface area contributed by atoms with Crippen molar-refractivity contribution in [3.8, 4) is 5.75 Å². The Bertz CT molecular complexity index is 611. The lowest BCUT2D eigenvalue weighted by Crippen LogP contribution is -2.43. The fourth-order valence-electron chi connectivity index (χ4n) is 2.25. The molecule has 1 unspecified atom stereocenters. The molecule has 1 aromatic carbocycles. The summed E-state index contributed by atoms with van der Waals surface area (Å²) in [5, 5.41) is 0. The van der Waals surface area contributed by atoms with Gasteiger partial charge >= 0.3 is 5.97 Å².